The average Bonchev–Trinajstić information content (AvgIpc) is 2.92. The van der Waals surface area contributed by atoms with E-state index in [4.69, 9.17) is 36.0 Å². The fourth-order valence-corrected chi connectivity index (χ4v) is 7.02. The number of nitrogens with one attached hydrogen (secondary N) is 1. The molecule has 1 N–H and O–H groups in total. The van der Waals surface area contributed by atoms with Gasteiger partial charge in [0.2, 0.25) is 0 Å². The number of halogens is 2. The Labute approximate surface area is 246 Å². The highest BCUT2D eigenvalue weighted by Gasteiger charge is 2.41. The summed E-state index contributed by atoms with van der Waals surface area (Å²) in [4.78, 5) is 0.127. The highest BCUT2D eigenvalue weighted by atomic mass is 35.5. The number of fused-ring (bicyclic) bond motifs is 1. The van der Waals surface area contributed by atoms with E-state index in [1.54, 1.807) is 36.4 Å². The van der Waals surface area contributed by atoms with Gasteiger partial charge in [0.25, 0.3) is 0 Å². The van der Waals surface area contributed by atoms with Crippen molar-refractivity contribution in [1.82, 2.24) is 0 Å². The van der Waals surface area contributed by atoms with Crippen molar-refractivity contribution in [2.24, 2.45) is 5.41 Å². The Morgan fingerprint density at radius 3 is 2.61 bits per heavy atom. The first-order chi connectivity index (χ1) is 19.4. The van der Waals surface area contributed by atoms with Crippen LogP contribution in [0.3, 0.4) is 0 Å². The van der Waals surface area contributed by atoms with E-state index in [0.717, 1.165) is 5.56 Å². The molecule has 41 heavy (non-hydrogen) atoms. The standard InChI is InChI=1S/C31H35ClFNO6S/c1-6-38-30(34)31(3,4)17-21-15-29(41(35,36)22-12-10-19(2)28(16-22)37-5)23-14-20(11-13-27(23)40-21)39-18-24-25(32)8-7-9-26(24)33/h7-14,16,21,29,34H,6,15,17-18H2,1-5H3. The van der Waals surface area contributed by atoms with Gasteiger partial charge in [-0.25, -0.2) is 12.8 Å². The van der Waals surface area contributed by atoms with Gasteiger partial charge in [-0.2, -0.15) is 0 Å². The van der Waals surface area contributed by atoms with E-state index in [1.807, 2.05) is 27.7 Å². The highest BCUT2D eigenvalue weighted by Crippen LogP contribution is 2.46. The molecule has 4 rings (SSSR count). The first-order valence-electron chi connectivity index (χ1n) is 13.3. The van der Waals surface area contributed by atoms with Crippen LogP contribution in [0.15, 0.2) is 59.5 Å². The summed E-state index contributed by atoms with van der Waals surface area (Å²) in [5.74, 6) is 0.859. The number of aryl methyl sites for hydroxylation is 1. The third-order valence-electron chi connectivity index (χ3n) is 7.27. The van der Waals surface area contributed by atoms with Crippen LogP contribution in [-0.2, 0) is 21.2 Å². The van der Waals surface area contributed by atoms with Crippen LogP contribution in [-0.4, -0.2) is 34.1 Å². The van der Waals surface area contributed by atoms with Gasteiger partial charge in [-0.15, -0.1) is 0 Å². The largest absolute Gasteiger partial charge is 0.496 e. The van der Waals surface area contributed by atoms with Gasteiger partial charge in [0.1, 0.15) is 35.8 Å². The SMILES string of the molecule is CCOC(=N)C(C)(C)CC1CC(S(=O)(=O)c2ccc(C)c(OC)c2)c2cc(OCc3c(F)cccc3Cl)ccc2O1. The maximum Gasteiger partial charge on any atom is 0.186 e. The molecule has 3 aromatic carbocycles. The van der Waals surface area contributed by atoms with Crippen molar-refractivity contribution in [3.63, 3.8) is 0 Å². The molecule has 10 heteroatoms. The zero-order chi connectivity index (χ0) is 29.9. The lowest BCUT2D eigenvalue weighted by Gasteiger charge is -2.36. The Kier molecular flexibility index (Phi) is 9.19. The van der Waals surface area contributed by atoms with Crippen molar-refractivity contribution < 1.29 is 31.8 Å². The second-order valence-electron chi connectivity index (χ2n) is 10.7. The average molecular weight is 604 g/mol. The molecule has 7 nitrogen and oxygen atoms in total. The minimum atomic E-state index is -3.92. The zero-order valence-electron chi connectivity index (χ0n) is 23.8. The number of rotatable bonds is 10. The van der Waals surface area contributed by atoms with Crippen molar-refractivity contribution in [2.75, 3.05) is 13.7 Å². The van der Waals surface area contributed by atoms with Gasteiger partial charge in [-0.05, 0) is 68.3 Å². The summed E-state index contributed by atoms with van der Waals surface area (Å²) in [5, 5.41) is 7.61. The molecule has 3 aromatic rings. The minimum absolute atomic E-state index is 0.118. The maximum absolute atomic E-state index is 14.3. The first-order valence-corrected chi connectivity index (χ1v) is 15.3. The van der Waals surface area contributed by atoms with Gasteiger partial charge in [0.15, 0.2) is 15.7 Å². The molecule has 0 radical (unpaired) electrons. The van der Waals surface area contributed by atoms with Gasteiger partial charge >= 0.3 is 0 Å². The van der Waals surface area contributed by atoms with E-state index < -0.39 is 32.4 Å². The lowest BCUT2D eigenvalue weighted by molar-refractivity contribution is 0.123. The molecule has 0 fully saturated rings. The predicted octanol–water partition coefficient (Wildman–Crippen LogP) is 7.47. The molecule has 0 aromatic heterocycles. The van der Waals surface area contributed by atoms with Crippen LogP contribution in [0.1, 0.15) is 55.6 Å². The Balaban J connectivity index is 1.72. The van der Waals surface area contributed by atoms with Crippen LogP contribution >= 0.6 is 11.6 Å². The fraction of sp³-hybridized carbons (Fsp3) is 0.387. The van der Waals surface area contributed by atoms with E-state index in [9.17, 15) is 12.8 Å². The quantitative estimate of drug-likeness (QED) is 0.191. The number of hydrogen-bond donors (Lipinski definition) is 1. The molecule has 0 saturated carbocycles. The molecule has 1 heterocycles. The second-order valence-corrected chi connectivity index (χ2v) is 13.2. The first kappa shape index (κ1) is 30.7. The van der Waals surface area contributed by atoms with Crippen molar-refractivity contribution in [3.8, 4) is 17.2 Å². The third-order valence-corrected chi connectivity index (χ3v) is 9.73. The topological polar surface area (TPSA) is 94.9 Å². The molecular formula is C31H35ClFNO6S. The highest BCUT2D eigenvalue weighted by molar-refractivity contribution is 7.91. The Bertz CT molecular complexity index is 1520. The summed E-state index contributed by atoms with van der Waals surface area (Å²) in [6, 6.07) is 14.2. The summed E-state index contributed by atoms with van der Waals surface area (Å²) in [6.45, 7) is 7.65. The molecule has 2 unspecified atom stereocenters. The molecule has 1 aliphatic rings. The Morgan fingerprint density at radius 2 is 1.93 bits per heavy atom. The molecule has 220 valence electrons. The molecule has 0 aliphatic carbocycles. The molecular weight excluding hydrogens is 569 g/mol. The van der Waals surface area contributed by atoms with Gasteiger partial charge in [0.05, 0.1) is 28.9 Å². The van der Waals surface area contributed by atoms with Crippen molar-refractivity contribution >= 4 is 27.3 Å². The Morgan fingerprint density at radius 1 is 1.17 bits per heavy atom. The zero-order valence-corrected chi connectivity index (χ0v) is 25.4. The Hall–Kier alpha value is -3.30. The summed E-state index contributed by atoms with van der Waals surface area (Å²) in [5.41, 5.74) is 0.783. The smallest absolute Gasteiger partial charge is 0.186 e. The van der Waals surface area contributed by atoms with Crippen LogP contribution in [0.4, 0.5) is 4.39 Å². The van der Waals surface area contributed by atoms with E-state index in [-0.39, 0.29) is 34.4 Å². The van der Waals surface area contributed by atoms with Gasteiger partial charge < -0.3 is 18.9 Å². The van der Waals surface area contributed by atoms with Crippen molar-refractivity contribution in [1.29, 1.82) is 5.41 Å². The summed E-state index contributed by atoms with van der Waals surface area (Å²) in [6.07, 6.45) is 0.0181. The van der Waals surface area contributed by atoms with Crippen molar-refractivity contribution in [2.45, 2.75) is 63.4 Å². The maximum atomic E-state index is 14.3. The number of benzene rings is 3. The van der Waals surface area contributed by atoms with E-state index >= 15 is 0 Å². The van der Waals surface area contributed by atoms with Crippen LogP contribution in [0, 0.1) is 23.6 Å². The van der Waals surface area contributed by atoms with Crippen LogP contribution < -0.4 is 14.2 Å². The summed E-state index contributed by atoms with van der Waals surface area (Å²) in [7, 11) is -2.42. The molecule has 1 aliphatic heterocycles. The molecule has 0 bridgehead atoms. The van der Waals surface area contributed by atoms with E-state index in [2.05, 4.69) is 0 Å². The van der Waals surface area contributed by atoms with E-state index in [1.165, 1.54) is 25.3 Å². The fourth-order valence-electron chi connectivity index (χ4n) is 4.96. The van der Waals surface area contributed by atoms with Gasteiger partial charge in [-0.1, -0.05) is 37.6 Å². The summed E-state index contributed by atoms with van der Waals surface area (Å²) < 4.78 is 65.7. The molecule has 2 atom stereocenters. The molecule has 0 saturated heterocycles. The van der Waals surface area contributed by atoms with Gasteiger partial charge in [0, 0.05) is 23.0 Å². The van der Waals surface area contributed by atoms with Gasteiger partial charge in [-0.3, -0.25) is 5.41 Å². The molecule has 0 amide bonds. The number of hydrogen-bond acceptors (Lipinski definition) is 7. The normalized spacial score (nSPS) is 16.9. The second kappa shape index (κ2) is 12.3. The van der Waals surface area contributed by atoms with Crippen LogP contribution in [0.2, 0.25) is 5.02 Å². The number of sulfone groups is 1. The lowest BCUT2D eigenvalue weighted by atomic mass is 9.83. The molecule has 0 spiro atoms. The minimum Gasteiger partial charge on any atom is -0.496 e. The number of methoxy groups -OCH3 is 1. The lowest BCUT2D eigenvalue weighted by Crippen LogP contribution is -2.37. The van der Waals surface area contributed by atoms with Crippen LogP contribution in [0.25, 0.3) is 0 Å². The van der Waals surface area contributed by atoms with Crippen LogP contribution in [0.5, 0.6) is 17.2 Å². The van der Waals surface area contributed by atoms with E-state index in [0.29, 0.717) is 35.8 Å². The van der Waals surface area contributed by atoms with Crippen molar-refractivity contribution in [3.05, 3.63) is 82.1 Å². The predicted molar refractivity (Wildman–Crippen MR) is 157 cm³/mol. The number of ether oxygens (including phenoxy) is 4. The summed E-state index contributed by atoms with van der Waals surface area (Å²) >= 11 is 6.15. The third kappa shape index (κ3) is 6.62. The monoisotopic (exact) mass is 603 g/mol.